The molecule has 3 aliphatic rings. The first-order valence-electron chi connectivity index (χ1n) is 8.58. The Balaban J connectivity index is 1.42. The van der Waals surface area contributed by atoms with E-state index >= 15 is 0 Å². The lowest BCUT2D eigenvalue weighted by atomic mass is 9.79. The molecular formula is C19H22N2OS2. The van der Waals surface area contributed by atoms with Crippen LogP contribution in [0.5, 0.6) is 0 Å². The number of carbonyl (C=O) groups excluding carboxylic acids is 1. The Morgan fingerprint density at radius 2 is 1.92 bits per heavy atom. The van der Waals surface area contributed by atoms with Gasteiger partial charge in [0.2, 0.25) is 0 Å². The highest BCUT2D eigenvalue weighted by molar-refractivity contribution is 8.01. The number of fused-ring (bicyclic) bond motifs is 3. The van der Waals surface area contributed by atoms with Gasteiger partial charge in [0.05, 0.1) is 9.09 Å². The quantitative estimate of drug-likeness (QED) is 0.893. The van der Waals surface area contributed by atoms with Crippen molar-refractivity contribution < 1.29 is 4.79 Å². The zero-order valence-electron chi connectivity index (χ0n) is 13.8. The van der Waals surface area contributed by atoms with Gasteiger partial charge in [0, 0.05) is 17.0 Å². The third-order valence-electron chi connectivity index (χ3n) is 5.24. The van der Waals surface area contributed by atoms with Crippen LogP contribution in [0, 0.1) is 5.92 Å². The third-order valence-corrected chi connectivity index (χ3v) is 7.47. The Bertz CT molecular complexity index is 705. The van der Waals surface area contributed by atoms with Crippen LogP contribution < -0.4 is 5.32 Å². The van der Waals surface area contributed by atoms with Crippen LogP contribution in [-0.2, 0) is 0 Å². The molecule has 24 heavy (non-hydrogen) atoms. The lowest BCUT2D eigenvalue weighted by Gasteiger charge is -2.49. The van der Waals surface area contributed by atoms with E-state index in [4.69, 9.17) is 0 Å². The van der Waals surface area contributed by atoms with Gasteiger partial charge in [0.15, 0.2) is 0 Å². The minimum Gasteiger partial charge on any atom is -0.347 e. The molecule has 1 N–H and O–H groups in total. The summed E-state index contributed by atoms with van der Waals surface area (Å²) >= 11 is 3.30. The van der Waals surface area contributed by atoms with E-state index in [-0.39, 0.29) is 5.91 Å². The standard InChI is InChI=1S/C19H22N2OS2/c1-13-18(14-9-11-21(13)12-10-14)20-19(22)16-7-8-17(24-16)23-15-5-3-2-4-6-15/h2-8,13-14,18H,9-12H2,1H3,(H,20,22)/t13-,18-/m0/s1. The minimum atomic E-state index is 0.0884. The molecule has 2 bridgehead atoms. The van der Waals surface area contributed by atoms with Gasteiger partial charge in [-0.1, -0.05) is 30.0 Å². The van der Waals surface area contributed by atoms with Gasteiger partial charge in [-0.25, -0.2) is 0 Å². The summed E-state index contributed by atoms with van der Waals surface area (Å²) in [6, 6.07) is 15.1. The number of rotatable bonds is 4. The normalized spacial score (nSPS) is 28.7. The molecule has 0 aliphatic carbocycles. The SMILES string of the molecule is C[C@H]1[C@H](NC(=O)c2ccc(Sc3ccccc3)s2)C2CCN1CC2. The van der Waals surface area contributed by atoms with Crippen LogP contribution in [0.2, 0.25) is 0 Å². The highest BCUT2D eigenvalue weighted by Crippen LogP contribution is 2.35. The van der Waals surface area contributed by atoms with Crippen molar-refractivity contribution in [3.05, 3.63) is 47.3 Å². The summed E-state index contributed by atoms with van der Waals surface area (Å²) in [5, 5.41) is 3.31. The monoisotopic (exact) mass is 358 g/mol. The fraction of sp³-hybridized carbons (Fsp3) is 0.421. The first-order chi connectivity index (χ1) is 11.7. The lowest BCUT2D eigenvalue weighted by molar-refractivity contribution is 0.0218. The smallest absolute Gasteiger partial charge is 0.261 e. The van der Waals surface area contributed by atoms with Crippen LogP contribution in [0.25, 0.3) is 0 Å². The Morgan fingerprint density at radius 1 is 1.17 bits per heavy atom. The van der Waals surface area contributed by atoms with Crippen molar-refractivity contribution in [2.75, 3.05) is 13.1 Å². The number of nitrogens with one attached hydrogen (secondary N) is 1. The topological polar surface area (TPSA) is 32.3 Å². The Morgan fingerprint density at radius 3 is 2.62 bits per heavy atom. The maximum atomic E-state index is 12.7. The van der Waals surface area contributed by atoms with Gasteiger partial charge in [-0.3, -0.25) is 9.69 Å². The lowest BCUT2D eigenvalue weighted by Crippen LogP contribution is -2.62. The molecule has 3 nitrogen and oxygen atoms in total. The molecule has 2 aromatic rings. The average Bonchev–Trinajstić information content (AvgIpc) is 3.08. The summed E-state index contributed by atoms with van der Waals surface area (Å²) in [5.41, 5.74) is 0. The van der Waals surface area contributed by atoms with Crippen LogP contribution in [0.1, 0.15) is 29.4 Å². The molecule has 4 heterocycles. The number of amides is 1. The van der Waals surface area contributed by atoms with E-state index in [0.29, 0.717) is 18.0 Å². The van der Waals surface area contributed by atoms with Gasteiger partial charge in [0.25, 0.3) is 5.91 Å². The van der Waals surface area contributed by atoms with Crippen molar-refractivity contribution in [3.63, 3.8) is 0 Å². The number of hydrogen-bond donors (Lipinski definition) is 1. The van der Waals surface area contributed by atoms with E-state index in [9.17, 15) is 4.79 Å². The molecule has 3 aliphatic heterocycles. The van der Waals surface area contributed by atoms with E-state index in [0.717, 1.165) is 9.09 Å². The van der Waals surface area contributed by atoms with Crippen LogP contribution in [0.15, 0.2) is 51.6 Å². The van der Waals surface area contributed by atoms with Crippen molar-refractivity contribution in [1.29, 1.82) is 0 Å². The number of hydrogen-bond acceptors (Lipinski definition) is 4. The number of nitrogens with zero attached hydrogens (tertiary/aromatic N) is 1. The first kappa shape index (κ1) is 16.2. The predicted molar refractivity (Wildman–Crippen MR) is 99.9 cm³/mol. The Kier molecular flexibility index (Phi) is 4.66. The highest BCUT2D eigenvalue weighted by atomic mass is 32.2. The van der Waals surface area contributed by atoms with E-state index in [1.165, 1.54) is 30.8 Å². The third kappa shape index (κ3) is 3.25. The summed E-state index contributed by atoms with van der Waals surface area (Å²) in [6.07, 6.45) is 2.43. The summed E-state index contributed by atoms with van der Waals surface area (Å²) in [5.74, 6) is 0.734. The molecule has 1 aromatic heterocycles. The molecule has 1 aromatic carbocycles. The van der Waals surface area contributed by atoms with E-state index in [2.05, 4.69) is 35.3 Å². The molecule has 2 atom stereocenters. The molecule has 3 fully saturated rings. The first-order valence-corrected chi connectivity index (χ1v) is 10.2. The second-order valence-electron chi connectivity index (χ2n) is 6.65. The second-order valence-corrected chi connectivity index (χ2v) is 9.10. The van der Waals surface area contributed by atoms with Crippen molar-refractivity contribution in [1.82, 2.24) is 10.2 Å². The summed E-state index contributed by atoms with van der Waals surface area (Å²) in [7, 11) is 0. The van der Waals surface area contributed by atoms with Crippen molar-refractivity contribution in [3.8, 4) is 0 Å². The molecule has 0 spiro atoms. The number of carbonyl (C=O) groups is 1. The van der Waals surface area contributed by atoms with Gasteiger partial charge in [-0.2, -0.15) is 0 Å². The number of piperidine rings is 3. The van der Waals surface area contributed by atoms with E-state index in [1.807, 2.05) is 24.3 Å². The van der Waals surface area contributed by atoms with E-state index < -0.39 is 0 Å². The molecule has 0 radical (unpaired) electrons. The second kappa shape index (κ2) is 6.90. The maximum Gasteiger partial charge on any atom is 0.261 e. The fourth-order valence-electron chi connectivity index (χ4n) is 3.87. The summed E-state index contributed by atoms with van der Waals surface area (Å²) in [6.45, 7) is 4.63. The zero-order chi connectivity index (χ0) is 16.5. The van der Waals surface area contributed by atoms with Gasteiger partial charge in [0.1, 0.15) is 0 Å². The maximum absolute atomic E-state index is 12.7. The molecule has 5 heteroatoms. The van der Waals surface area contributed by atoms with Gasteiger partial charge < -0.3 is 5.32 Å². The van der Waals surface area contributed by atoms with Crippen molar-refractivity contribution >= 4 is 29.0 Å². The van der Waals surface area contributed by atoms with Crippen LogP contribution in [0.3, 0.4) is 0 Å². The molecule has 1 amide bonds. The van der Waals surface area contributed by atoms with E-state index in [1.54, 1.807) is 23.1 Å². The minimum absolute atomic E-state index is 0.0884. The predicted octanol–water partition coefficient (Wildman–Crippen LogP) is 4.11. The van der Waals surface area contributed by atoms with Gasteiger partial charge in [-0.15, -0.1) is 11.3 Å². The van der Waals surface area contributed by atoms with Crippen molar-refractivity contribution in [2.45, 2.75) is 41.0 Å². The molecule has 0 saturated carbocycles. The average molecular weight is 359 g/mol. The Labute approximate surface area is 151 Å². The molecule has 3 saturated heterocycles. The fourth-order valence-corrected chi connectivity index (χ4v) is 5.90. The van der Waals surface area contributed by atoms with Gasteiger partial charge >= 0.3 is 0 Å². The molecule has 0 unspecified atom stereocenters. The van der Waals surface area contributed by atoms with Crippen LogP contribution >= 0.6 is 23.1 Å². The van der Waals surface area contributed by atoms with Crippen LogP contribution in [-0.4, -0.2) is 36.0 Å². The summed E-state index contributed by atoms with van der Waals surface area (Å²) < 4.78 is 1.16. The summed E-state index contributed by atoms with van der Waals surface area (Å²) in [4.78, 5) is 17.2. The van der Waals surface area contributed by atoms with Crippen molar-refractivity contribution in [2.24, 2.45) is 5.92 Å². The molecule has 5 rings (SSSR count). The number of benzene rings is 1. The highest BCUT2D eigenvalue weighted by Gasteiger charge is 2.40. The Hall–Kier alpha value is -1.30. The molecule has 126 valence electrons. The largest absolute Gasteiger partial charge is 0.347 e. The number of thiophene rings is 1. The van der Waals surface area contributed by atoms with Crippen LogP contribution in [0.4, 0.5) is 0 Å². The zero-order valence-corrected chi connectivity index (χ0v) is 15.4. The molecular weight excluding hydrogens is 336 g/mol. The van der Waals surface area contributed by atoms with Gasteiger partial charge in [-0.05, 0) is 63.0 Å².